The molecule has 0 saturated heterocycles. The summed E-state index contributed by atoms with van der Waals surface area (Å²) in [6, 6.07) is 7.25. The van der Waals surface area contributed by atoms with Gasteiger partial charge in [-0.25, -0.2) is 9.50 Å². The molecule has 0 bridgehead atoms. The summed E-state index contributed by atoms with van der Waals surface area (Å²) in [7, 11) is 3.64. The van der Waals surface area contributed by atoms with Crippen LogP contribution < -0.4 is 10.6 Å². The van der Waals surface area contributed by atoms with Crippen molar-refractivity contribution in [1.29, 1.82) is 0 Å². The fraction of sp³-hybridized carbons (Fsp3) is 0.263. The average molecular weight is 366 g/mol. The van der Waals surface area contributed by atoms with Crippen molar-refractivity contribution < 1.29 is 9.59 Å². The van der Waals surface area contributed by atoms with Gasteiger partial charge in [0.25, 0.3) is 5.91 Å². The molecule has 8 heteroatoms. The number of benzene rings is 1. The van der Waals surface area contributed by atoms with Gasteiger partial charge in [0.05, 0.1) is 35.4 Å². The maximum absolute atomic E-state index is 12.8. The third-order valence-electron chi connectivity index (χ3n) is 4.06. The number of rotatable bonds is 5. The van der Waals surface area contributed by atoms with Crippen LogP contribution in [-0.4, -0.2) is 52.0 Å². The zero-order chi connectivity index (χ0) is 19.6. The lowest BCUT2D eigenvalue weighted by Crippen LogP contribution is -2.27. The van der Waals surface area contributed by atoms with Crippen LogP contribution in [0.4, 0.5) is 11.4 Å². The molecular weight excluding hydrogens is 344 g/mol. The summed E-state index contributed by atoms with van der Waals surface area (Å²) in [6.07, 6.45) is 3.16. The number of aromatic nitrogens is 3. The van der Waals surface area contributed by atoms with E-state index in [1.54, 1.807) is 27.7 Å². The number of carbonyl (C=O) groups is 2. The van der Waals surface area contributed by atoms with Crippen LogP contribution in [0.25, 0.3) is 5.65 Å². The number of likely N-dealkylation sites (N-methyl/N-ethyl adjacent to an activating group) is 1. The summed E-state index contributed by atoms with van der Waals surface area (Å²) in [6.45, 7) is 3.98. The van der Waals surface area contributed by atoms with Crippen LogP contribution in [0, 0.1) is 13.8 Å². The van der Waals surface area contributed by atoms with E-state index in [9.17, 15) is 9.59 Å². The van der Waals surface area contributed by atoms with Crippen molar-refractivity contribution in [2.24, 2.45) is 0 Å². The molecule has 2 N–H and O–H groups in total. The first-order valence-corrected chi connectivity index (χ1v) is 8.51. The standard InChI is InChI=1S/C19H22N6O2/c1-12-5-6-15(22-18(26)11-24(3)4)16(9-12)23-19(27)14-10-20-17-7-8-21-25(17)13(14)2/h5-10H,11H2,1-4H3,(H,22,26)(H,23,27). The second-order valence-electron chi connectivity index (χ2n) is 6.65. The van der Waals surface area contributed by atoms with Gasteiger partial charge >= 0.3 is 0 Å². The summed E-state index contributed by atoms with van der Waals surface area (Å²) in [5.41, 5.74) is 3.83. The number of nitrogens with zero attached hydrogens (tertiary/aromatic N) is 4. The Balaban J connectivity index is 1.87. The maximum Gasteiger partial charge on any atom is 0.259 e. The van der Waals surface area contributed by atoms with Gasteiger partial charge in [0.1, 0.15) is 0 Å². The summed E-state index contributed by atoms with van der Waals surface area (Å²) >= 11 is 0. The van der Waals surface area contributed by atoms with Crippen molar-refractivity contribution in [3.63, 3.8) is 0 Å². The molecule has 0 aliphatic carbocycles. The molecule has 2 amide bonds. The molecule has 0 radical (unpaired) electrons. The average Bonchev–Trinajstić information content (AvgIpc) is 3.06. The minimum atomic E-state index is -0.314. The molecule has 2 heterocycles. The monoisotopic (exact) mass is 366 g/mol. The highest BCUT2D eigenvalue weighted by atomic mass is 16.2. The van der Waals surface area contributed by atoms with E-state index in [1.807, 2.05) is 40.1 Å². The minimum absolute atomic E-state index is 0.157. The first-order chi connectivity index (χ1) is 12.8. The quantitative estimate of drug-likeness (QED) is 0.721. The third-order valence-corrected chi connectivity index (χ3v) is 4.06. The Labute approximate surface area is 157 Å². The van der Waals surface area contributed by atoms with Crippen LogP contribution in [0.2, 0.25) is 0 Å². The van der Waals surface area contributed by atoms with Gasteiger partial charge < -0.3 is 15.5 Å². The van der Waals surface area contributed by atoms with Crippen LogP contribution in [-0.2, 0) is 4.79 Å². The molecule has 0 aliphatic heterocycles. The Hall–Kier alpha value is -3.26. The molecule has 140 valence electrons. The second-order valence-corrected chi connectivity index (χ2v) is 6.65. The lowest BCUT2D eigenvalue weighted by molar-refractivity contribution is -0.116. The van der Waals surface area contributed by atoms with Crippen molar-refractivity contribution in [1.82, 2.24) is 19.5 Å². The number of amides is 2. The third kappa shape index (κ3) is 4.12. The van der Waals surface area contributed by atoms with Crippen LogP contribution >= 0.6 is 0 Å². The van der Waals surface area contributed by atoms with Crippen molar-refractivity contribution in [3.8, 4) is 0 Å². The number of hydrogen-bond acceptors (Lipinski definition) is 5. The molecule has 27 heavy (non-hydrogen) atoms. The number of carbonyl (C=O) groups excluding carboxylic acids is 2. The topological polar surface area (TPSA) is 91.6 Å². The van der Waals surface area contributed by atoms with E-state index in [1.165, 1.54) is 6.20 Å². The summed E-state index contributed by atoms with van der Waals surface area (Å²) in [5.74, 6) is -0.471. The number of aryl methyl sites for hydroxylation is 2. The Bertz CT molecular complexity index is 1010. The molecule has 3 rings (SSSR count). The van der Waals surface area contributed by atoms with Gasteiger partial charge in [-0.15, -0.1) is 0 Å². The van der Waals surface area contributed by atoms with Gasteiger partial charge in [0.2, 0.25) is 5.91 Å². The fourth-order valence-electron chi connectivity index (χ4n) is 2.75. The van der Waals surface area contributed by atoms with Gasteiger partial charge in [0.15, 0.2) is 5.65 Å². The summed E-state index contributed by atoms with van der Waals surface area (Å²) in [4.78, 5) is 30.9. The van der Waals surface area contributed by atoms with Crippen LogP contribution in [0.15, 0.2) is 36.7 Å². The van der Waals surface area contributed by atoms with E-state index in [4.69, 9.17) is 0 Å². The minimum Gasteiger partial charge on any atom is -0.323 e. The van der Waals surface area contributed by atoms with Gasteiger partial charge in [-0.1, -0.05) is 6.07 Å². The van der Waals surface area contributed by atoms with Gasteiger partial charge in [-0.05, 0) is 45.6 Å². The lowest BCUT2D eigenvalue weighted by atomic mass is 10.1. The molecule has 3 aromatic rings. The number of anilines is 2. The van der Waals surface area contributed by atoms with Gasteiger partial charge in [0, 0.05) is 12.3 Å². The fourth-order valence-corrected chi connectivity index (χ4v) is 2.75. The molecule has 0 fully saturated rings. The molecular formula is C19H22N6O2. The lowest BCUT2D eigenvalue weighted by Gasteiger charge is -2.15. The zero-order valence-corrected chi connectivity index (χ0v) is 15.8. The molecule has 0 saturated carbocycles. The smallest absolute Gasteiger partial charge is 0.259 e. The number of fused-ring (bicyclic) bond motifs is 1. The largest absolute Gasteiger partial charge is 0.323 e. The molecule has 0 unspecified atom stereocenters. The van der Waals surface area contributed by atoms with Crippen LogP contribution in [0.5, 0.6) is 0 Å². The van der Waals surface area contributed by atoms with Crippen LogP contribution in [0.1, 0.15) is 21.6 Å². The Kier molecular flexibility index (Phi) is 5.18. The van der Waals surface area contributed by atoms with Gasteiger partial charge in [-0.3, -0.25) is 9.59 Å². The van der Waals surface area contributed by atoms with E-state index >= 15 is 0 Å². The first kappa shape index (κ1) is 18.5. The normalized spacial score (nSPS) is 11.0. The highest BCUT2D eigenvalue weighted by Gasteiger charge is 2.16. The van der Waals surface area contributed by atoms with Crippen molar-refractivity contribution >= 4 is 28.8 Å². The molecule has 1 aromatic carbocycles. The van der Waals surface area contributed by atoms with Crippen molar-refractivity contribution in [3.05, 3.63) is 53.5 Å². The van der Waals surface area contributed by atoms with Crippen LogP contribution in [0.3, 0.4) is 0 Å². The number of hydrogen-bond donors (Lipinski definition) is 2. The van der Waals surface area contributed by atoms with Crippen molar-refractivity contribution in [2.45, 2.75) is 13.8 Å². The van der Waals surface area contributed by atoms with Gasteiger partial charge in [-0.2, -0.15) is 5.10 Å². The first-order valence-electron chi connectivity index (χ1n) is 8.51. The molecule has 0 atom stereocenters. The second kappa shape index (κ2) is 7.55. The number of nitrogens with one attached hydrogen (secondary N) is 2. The summed E-state index contributed by atoms with van der Waals surface area (Å²) in [5, 5.41) is 9.89. The Morgan fingerprint density at radius 3 is 2.63 bits per heavy atom. The highest BCUT2D eigenvalue weighted by Crippen LogP contribution is 2.24. The van der Waals surface area contributed by atoms with E-state index in [-0.39, 0.29) is 18.4 Å². The van der Waals surface area contributed by atoms with E-state index in [2.05, 4.69) is 20.7 Å². The Morgan fingerprint density at radius 1 is 1.11 bits per heavy atom. The molecule has 2 aromatic heterocycles. The Morgan fingerprint density at radius 2 is 1.89 bits per heavy atom. The predicted molar refractivity (Wildman–Crippen MR) is 104 cm³/mol. The maximum atomic E-state index is 12.8. The zero-order valence-electron chi connectivity index (χ0n) is 15.8. The highest BCUT2D eigenvalue weighted by molar-refractivity contribution is 6.08. The SMILES string of the molecule is Cc1ccc(NC(=O)CN(C)C)c(NC(=O)c2cnc3ccnn3c2C)c1. The molecule has 8 nitrogen and oxygen atoms in total. The predicted octanol–water partition coefficient (Wildman–Crippen LogP) is 2.10. The molecule has 0 aliphatic rings. The van der Waals surface area contributed by atoms with Crippen molar-refractivity contribution in [2.75, 3.05) is 31.3 Å². The summed E-state index contributed by atoms with van der Waals surface area (Å²) < 4.78 is 1.62. The molecule has 0 spiro atoms. The van der Waals surface area contributed by atoms with E-state index in [0.29, 0.717) is 28.3 Å². The van der Waals surface area contributed by atoms with E-state index in [0.717, 1.165) is 5.56 Å². The van der Waals surface area contributed by atoms with E-state index < -0.39 is 0 Å².